The number of rotatable bonds is 4. The number of hydrazine groups is 1. The van der Waals surface area contributed by atoms with Crippen molar-refractivity contribution in [3.8, 4) is 6.07 Å². The van der Waals surface area contributed by atoms with Crippen molar-refractivity contribution in [2.75, 3.05) is 0 Å². The third kappa shape index (κ3) is 3.93. The lowest BCUT2D eigenvalue weighted by Crippen LogP contribution is -2.41. The number of amides is 2. The number of H-pyrrole nitrogens is 1. The number of aryl methyl sites for hydroxylation is 3. The van der Waals surface area contributed by atoms with E-state index in [1.165, 1.54) is 21.8 Å². The van der Waals surface area contributed by atoms with Crippen LogP contribution in [0.4, 0.5) is 0 Å². The fraction of sp³-hybridized carbons (Fsp3) is 0.368. The van der Waals surface area contributed by atoms with E-state index in [1.807, 2.05) is 12.1 Å². The molecule has 0 spiro atoms. The van der Waals surface area contributed by atoms with Gasteiger partial charge in [-0.1, -0.05) is 0 Å². The Morgan fingerprint density at radius 3 is 2.78 bits per heavy atom. The quantitative estimate of drug-likeness (QED) is 0.697. The molecule has 0 saturated carbocycles. The highest BCUT2D eigenvalue weighted by Crippen LogP contribution is 2.30. The first kappa shape index (κ1) is 18.9. The molecule has 2 aromatic rings. The van der Waals surface area contributed by atoms with Crippen LogP contribution in [-0.2, 0) is 24.1 Å². The minimum Gasteiger partial charge on any atom is -0.325 e. The molecule has 3 rings (SSSR count). The number of thiophene rings is 1. The molecule has 140 valence electrons. The van der Waals surface area contributed by atoms with E-state index in [-0.39, 0.29) is 23.8 Å². The number of hydrogen-bond donors (Lipinski definition) is 3. The number of hydrogen-bond acceptors (Lipinski definition) is 5. The van der Waals surface area contributed by atoms with Gasteiger partial charge in [0.15, 0.2) is 0 Å². The van der Waals surface area contributed by atoms with Crippen molar-refractivity contribution in [3.05, 3.63) is 54.1 Å². The molecule has 0 bridgehead atoms. The van der Waals surface area contributed by atoms with E-state index in [9.17, 15) is 14.4 Å². The predicted octanol–water partition coefficient (Wildman–Crippen LogP) is 1.81. The van der Waals surface area contributed by atoms with Gasteiger partial charge in [0, 0.05) is 17.0 Å². The first-order chi connectivity index (χ1) is 12.9. The molecular formula is C19H20N4O3S. The SMILES string of the molecule is Cc1[nH]c(=O)c(C#N)c(C)c1CCC(=O)NNC(=O)c1cc2c(s1)CCC2. The second-order valence-corrected chi connectivity index (χ2v) is 7.72. The molecule has 0 aromatic carbocycles. The lowest BCUT2D eigenvalue weighted by Gasteiger charge is -2.11. The molecule has 2 heterocycles. The van der Waals surface area contributed by atoms with Gasteiger partial charge in [0.2, 0.25) is 5.91 Å². The summed E-state index contributed by atoms with van der Waals surface area (Å²) >= 11 is 1.47. The summed E-state index contributed by atoms with van der Waals surface area (Å²) in [7, 11) is 0. The van der Waals surface area contributed by atoms with Crippen LogP contribution in [0.3, 0.4) is 0 Å². The van der Waals surface area contributed by atoms with Crippen LogP contribution in [0.5, 0.6) is 0 Å². The number of carbonyl (C=O) groups is 2. The number of aromatic nitrogens is 1. The zero-order valence-electron chi connectivity index (χ0n) is 15.2. The van der Waals surface area contributed by atoms with E-state index in [0.29, 0.717) is 22.6 Å². The molecule has 0 fully saturated rings. The van der Waals surface area contributed by atoms with Crippen LogP contribution < -0.4 is 16.4 Å². The summed E-state index contributed by atoms with van der Waals surface area (Å²) in [5.74, 6) is -0.651. The Bertz CT molecular complexity index is 992. The standard InChI is InChI=1S/C19H20N4O3S/c1-10-13(11(2)21-18(25)14(10)9-20)6-7-17(24)22-23-19(26)16-8-12-4-3-5-15(12)27-16/h8H,3-7H2,1-2H3,(H,21,25)(H,22,24)(H,23,26). The fourth-order valence-corrected chi connectivity index (χ4v) is 4.50. The first-order valence-corrected chi connectivity index (χ1v) is 9.55. The van der Waals surface area contributed by atoms with Gasteiger partial charge in [-0.2, -0.15) is 5.26 Å². The third-order valence-corrected chi connectivity index (χ3v) is 6.04. The van der Waals surface area contributed by atoms with Gasteiger partial charge in [-0.3, -0.25) is 25.2 Å². The Hall–Kier alpha value is -2.92. The third-order valence-electron chi connectivity index (χ3n) is 4.81. The zero-order chi connectivity index (χ0) is 19.6. The molecule has 0 atom stereocenters. The monoisotopic (exact) mass is 384 g/mol. The number of aromatic amines is 1. The van der Waals surface area contributed by atoms with Gasteiger partial charge in [0.05, 0.1) is 4.88 Å². The summed E-state index contributed by atoms with van der Waals surface area (Å²) in [5, 5.41) is 9.09. The second kappa shape index (κ2) is 7.76. The van der Waals surface area contributed by atoms with E-state index in [2.05, 4.69) is 15.8 Å². The van der Waals surface area contributed by atoms with E-state index in [0.717, 1.165) is 24.8 Å². The second-order valence-electron chi connectivity index (χ2n) is 6.58. The minimum atomic E-state index is -0.421. The topological polar surface area (TPSA) is 115 Å². The summed E-state index contributed by atoms with van der Waals surface area (Å²) in [4.78, 5) is 40.5. The average Bonchev–Trinajstić information content (AvgIpc) is 3.21. The highest BCUT2D eigenvalue weighted by Gasteiger charge is 2.19. The maximum atomic E-state index is 12.2. The van der Waals surface area contributed by atoms with Gasteiger partial charge in [-0.15, -0.1) is 11.3 Å². The van der Waals surface area contributed by atoms with Gasteiger partial charge in [-0.05, 0) is 62.3 Å². The van der Waals surface area contributed by atoms with Crippen molar-refractivity contribution in [2.24, 2.45) is 0 Å². The van der Waals surface area contributed by atoms with Crippen LogP contribution in [0.1, 0.15) is 55.3 Å². The number of fused-ring (bicyclic) bond motifs is 1. The van der Waals surface area contributed by atoms with E-state index in [1.54, 1.807) is 13.8 Å². The predicted molar refractivity (Wildman–Crippen MR) is 102 cm³/mol. The average molecular weight is 384 g/mol. The van der Waals surface area contributed by atoms with E-state index in [4.69, 9.17) is 5.26 Å². The fourth-order valence-electron chi connectivity index (χ4n) is 3.35. The smallest absolute Gasteiger partial charge is 0.279 e. The number of carbonyl (C=O) groups excluding carboxylic acids is 2. The number of nitrogens with one attached hydrogen (secondary N) is 3. The summed E-state index contributed by atoms with van der Waals surface area (Å²) in [5.41, 5.74) is 7.74. The lowest BCUT2D eigenvalue weighted by molar-refractivity contribution is -0.121. The number of pyridine rings is 1. The van der Waals surface area contributed by atoms with Crippen LogP contribution in [0.15, 0.2) is 10.9 Å². The Labute approximate surface area is 160 Å². The Morgan fingerprint density at radius 2 is 2.07 bits per heavy atom. The Kier molecular flexibility index (Phi) is 5.42. The molecule has 27 heavy (non-hydrogen) atoms. The van der Waals surface area contributed by atoms with Gasteiger partial charge < -0.3 is 4.98 Å². The van der Waals surface area contributed by atoms with Crippen molar-refractivity contribution < 1.29 is 9.59 Å². The van der Waals surface area contributed by atoms with Gasteiger partial charge >= 0.3 is 0 Å². The van der Waals surface area contributed by atoms with Crippen LogP contribution in [-0.4, -0.2) is 16.8 Å². The maximum Gasteiger partial charge on any atom is 0.279 e. The summed E-state index contributed by atoms with van der Waals surface area (Å²) < 4.78 is 0. The van der Waals surface area contributed by atoms with E-state index < -0.39 is 5.56 Å². The summed E-state index contributed by atoms with van der Waals surface area (Å²) in [6.07, 6.45) is 3.64. The lowest BCUT2D eigenvalue weighted by atomic mass is 9.99. The molecule has 3 N–H and O–H groups in total. The summed E-state index contributed by atoms with van der Waals surface area (Å²) in [6.45, 7) is 3.44. The van der Waals surface area contributed by atoms with E-state index >= 15 is 0 Å². The molecule has 0 unspecified atom stereocenters. The normalized spacial score (nSPS) is 12.3. The largest absolute Gasteiger partial charge is 0.325 e. The molecule has 1 aliphatic carbocycles. The number of nitriles is 1. The molecule has 0 saturated heterocycles. The van der Waals surface area contributed by atoms with Crippen LogP contribution in [0, 0.1) is 25.2 Å². The summed E-state index contributed by atoms with van der Waals surface area (Å²) in [6, 6.07) is 3.79. The number of nitrogens with zero attached hydrogens (tertiary/aromatic N) is 1. The van der Waals surface area contributed by atoms with Crippen molar-refractivity contribution in [1.82, 2.24) is 15.8 Å². The van der Waals surface area contributed by atoms with Gasteiger partial charge in [0.25, 0.3) is 11.5 Å². The van der Waals surface area contributed by atoms with Crippen molar-refractivity contribution in [2.45, 2.75) is 46.0 Å². The Balaban J connectivity index is 1.56. The molecule has 0 radical (unpaired) electrons. The minimum absolute atomic E-state index is 0.0649. The zero-order valence-corrected chi connectivity index (χ0v) is 16.0. The Morgan fingerprint density at radius 1 is 1.30 bits per heavy atom. The van der Waals surface area contributed by atoms with Gasteiger partial charge in [-0.25, -0.2) is 0 Å². The highest BCUT2D eigenvalue weighted by atomic mass is 32.1. The molecular weight excluding hydrogens is 364 g/mol. The molecule has 2 aromatic heterocycles. The van der Waals surface area contributed by atoms with Gasteiger partial charge in [0.1, 0.15) is 11.6 Å². The van der Waals surface area contributed by atoms with Crippen LogP contribution in [0.25, 0.3) is 0 Å². The first-order valence-electron chi connectivity index (χ1n) is 8.74. The molecule has 0 aliphatic heterocycles. The maximum absolute atomic E-state index is 12.2. The molecule has 1 aliphatic rings. The molecule has 7 nitrogen and oxygen atoms in total. The molecule has 8 heteroatoms. The molecule has 2 amide bonds. The van der Waals surface area contributed by atoms with Crippen molar-refractivity contribution in [3.63, 3.8) is 0 Å². The van der Waals surface area contributed by atoms with Crippen LogP contribution >= 0.6 is 11.3 Å². The van der Waals surface area contributed by atoms with Crippen LogP contribution in [0.2, 0.25) is 0 Å². The van der Waals surface area contributed by atoms with Crippen molar-refractivity contribution >= 4 is 23.2 Å². The van der Waals surface area contributed by atoms with Crippen molar-refractivity contribution in [1.29, 1.82) is 5.26 Å². The highest BCUT2D eigenvalue weighted by molar-refractivity contribution is 7.14.